The summed E-state index contributed by atoms with van der Waals surface area (Å²) in [4.78, 5) is 10.5. The molecule has 0 bridgehead atoms. The number of rotatable bonds is 6. The van der Waals surface area contributed by atoms with E-state index in [0.717, 1.165) is 19.0 Å². The monoisotopic (exact) mass is 452 g/mol. The molecule has 0 N–H and O–H groups in total. The third kappa shape index (κ3) is 4.34. The molecule has 10 heteroatoms. The molecule has 0 unspecified atom stereocenters. The van der Waals surface area contributed by atoms with Gasteiger partial charge in [0.05, 0.1) is 24.5 Å². The summed E-state index contributed by atoms with van der Waals surface area (Å²) in [5.74, 6) is -0.309. The van der Waals surface area contributed by atoms with E-state index in [-0.39, 0.29) is 30.1 Å². The van der Waals surface area contributed by atoms with Gasteiger partial charge in [0.1, 0.15) is 23.5 Å². The number of hydrogen-bond acceptors (Lipinski definition) is 7. The fourth-order valence-corrected chi connectivity index (χ4v) is 3.99. The fourth-order valence-electron chi connectivity index (χ4n) is 3.99. The molecule has 0 amide bonds. The Morgan fingerprint density at radius 1 is 1.09 bits per heavy atom. The topological polar surface area (TPSA) is 82.1 Å². The van der Waals surface area contributed by atoms with E-state index in [9.17, 15) is 8.78 Å². The van der Waals surface area contributed by atoms with Gasteiger partial charge >= 0.3 is 0 Å². The van der Waals surface area contributed by atoms with E-state index in [1.165, 1.54) is 12.3 Å². The highest BCUT2D eigenvalue weighted by atomic mass is 19.1. The first kappa shape index (κ1) is 21.2. The van der Waals surface area contributed by atoms with Crippen molar-refractivity contribution >= 4 is 5.82 Å². The Hall–Kier alpha value is -3.66. The summed E-state index contributed by atoms with van der Waals surface area (Å²) in [7, 11) is 1.69. The predicted molar refractivity (Wildman–Crippen MR) is 116 cm³/mol. The van der Waals surface area contributed by atoms with Crippen LogP contribution >= 0.6 is 0 Å². The van der Waals surface area contributed by atoms with Crippen LogP contribution in [-0.4, -0.2) is 51.2 Å². The van der Waals surface area contributed by atoms with Gasteiger partial charge in [0.15, 0.2) is 17.5 Å². The molecule has 8 nitrogen and oxygen atoms in total. The van der Waals surface area contributed by atoms with Crippen molar-refractivity contribution in [2.24, 2.45) is 0 Å². The molecule has 4 aromatic rings. The zero-order valence-corrected chi connectivity index (χ0v) is 18.0. The average Bonchev–Trinajstić information content (AvgIpc) is 3.51. The molecular formula is C23H22F2N6O2. The van der Waals surface area contributed by atoms with Crippen molar-refractivity contribution in [2.75, 3.05) is 25.1 Å². The lowest BCUT2D eigenvalue weighted by Crippen LogP contribution is -2.37. The van der Waals surface area contributed by atoms with E-state index < -0.39 is 5.82 Å². The van der Waals surface area contributed by atoms with Crippen LogP contribution in [0.1, 0.15) is 18.4 Å². The normalized spacial score (nSPS) is 14.7. The van der Waals surface area contributed by atoms with E-state index in [4.69, 9.17) is 9.26 Å². The Morgan fingerprint density at radius 3 is 2.64 bits per heavy atom. The van der Waals surface area contributed by atoms with E-state index >= 15 is 0 Å². The van der Waals surface area contributed by atoms with Crippen LogP contribution < -0.4 is 4.90 Å². The highest BCUT2D eigenvalue weighted by Crippen LogP contribution is 2.28. The van der Waals surface area contributed by atoms with Crippen LogP contribution in [0.5, 0.6) is 0 Å². The van der Waals surface area contributed by atoms with Crippen molar-refractivity contribution in [3.8, 4) is 22.9 Å². The molecule has 33 heavy (non-hydrogen) atoms. The van der Waals surface area contributed by atoms with Gasteiger partial charge in [0.2, 0.25) is 0 Å². The summed E-state index contributed by atoms with van der Waals surface area (Å²) in [5.41, 5.74) is 2.04. The van der Waals surface area contributed by atoms with Gasteiger partial charge < -0.3 is 14.2 Å². The molecule has 0 aliphatic carbocycles. The summed E-state index contributed by atoms with van der Waals surface area (Å²) in [6.45, 7) is 1.45. The summed E-state index contributed by atoms with van der Waals surface area (Å²) < 4.78 is 40.9. The van der Waals surface area contributed by atoms with Gasteiger partial charge in [-0.3, -0.25) is 4.68 Å². The van der Waals surface area contributed by atoms with Crippen LogP contribution in [0.15, 0.2) is 53.4 Å². The lowest BCUT2D eigenvalue weighted by Gasteiger charge is -2.32. The molecule has 1 fully saturated rings. The fraction of sp³-hybridized carbons (Fsp3) is 0.304. The van der Waals surface area contributed by atoms with Crippen molar-refractivity contribution in [3.05, 3.63) is 66.1 Å². The van der Waals surface area contributed by atoms with E-state index in [1.54, 1.807) is 42.1 Å². The molecular weight excluding hydrogens is 430 g/mol. The summed E-state index contributed by atoms with van der Waals surface area (Å²) in [5, 5.41) is 8.58. The van der Waals surface area contributed by atoms with Gasteiger partial charge in [0.25, 0.3) is 0 Å². The van der Waals surface area contributed by atoms with E-state index in [0.29, 0.717) is 35.7 Å². The number of aromatic nitrogens is 5. The largest absolute Gasteiger partial charge is 0.381 e. The van der Waals surface area contributed by atoms with Crippen LogP contribution in [0.4, 0.5) is 14.6 Å². The van der Waals surface area contributed by atoms with Crippen LogP contribution in [0.25, 0.3) is 22.9 Å². The average molecular weight is 452 g/mol. The number of nitrogens with zero attached hydrogens (tertiary/aromatic N) is 6. The van der Waals surface area contributed by atoms with Gasteiger partial charge in [-0.2, -0.15) is 5.10 Å². The number of benzene rings is 1. The number of ether oxygens (including phenoxy) is 1. The maximum Gasteiger partial charge on any atom is 0.183 e. The molecule has 170 valence electrons. The minimum atomic E-state index is -0.489. The first-order valence-corrected chi connectivity index (χ1v) is 10.6. The van der Waals surface area contributed by atoms with E-state index in [2.05, 4.69) is 20.2 Å². The number of anilines is 1. The Labute approximate surface area is 188 Å². The second-order valence-corrected chi connectivity index (χ2v) is 7.84. The van der Waals surface area contributed by atoms with Crippen molar-refractivity contribution in [2.45, 2.75) is 25.5 Å². The molecule has 1 aliphatic heterocycles. The third-order valence-corrected chi connectivity index (χ3v) is 5.79. The molecule has 4 heterocycles. The molecule has 1 saturated heterocycles. The first-order chi connectivity index (χ1) is 16.1. The first-order valence-electron chi connectivity index (χ1n) is 10.6. The number of piperidine rings is 1. The minimum Gasteiger partial charge on any atom is -0.381 e. The molecule has 1 aromatic carbocycles. The van der Waals surface area contributed by atoms with Crippen molar-refractivity contribution in [3.63, 3.8) is 0 Å². The van der Waals surface area contributed by atoms with Gasteiger partial charge in [-0.05, 0) is 25.0 Å². The smallest absolute Gasteiger partial charge is 0.183 e. The maximum atomic E-state index is 14.6. The maximum absolute atomic E-state index is 14.6. The lowest BCUT2D eigenvalue weighted by molar-refractivity contribution is 0.0816. The van der Waals surface area contributed by atoms with Crippen LogP contribution in [0.3, 0.4) is 0 Å². The third-order valence-electron chi connectivity index (χ3n) is 5.79. The molecule has 0 saturated carbocycles. The SMILES string of the molecule is COC1CCN(c2nc(-c3cc(-c4ccon4)n(Cc4ccccc4F)n3)ncc2F)CC1. The Bertz CT molecular complexity index is 1240. The van der Waals surface area contributed by atoms with Gasteiger partial charge in [0, 0.05) is 31.8 Å². The van der Waals surface area contributed by atoms with Crippen molar-refractivity contribution in [1.29, 1.82) is 0 Å². The summed E-state index contributed by atoms with van der Waals surface area (Å²) >= 11 is 0. The minimum absolute atomic E-state index is 0.171. The van der Waals surface area contributed by atoms with Crippen molar-refractivity contribution in [1.82, 2.24) is 24.9 Å². The summed E-state index contributed by atoms with van der Waals surface area (Å²) in [6, 6.07) is 9.93. The molecule has 0 atom stereocenters. The Kier molecular flexibility index (Phi) is 5.82. The highest BCUT2D eigenvalue weighted by Gasteiger charge is 2.24. The quantitative estimate of drug-likeness (QED) is 0.438. The van der Waals surface area contributed by atoms with E-state index in [1.807, 2.05) is 4.90 Å². The van der Waals surface area contributed by atoms with Crippen LogP contribution in [-0.2, 0) is 11.3 Å². The molecule has 0 spiro atoms. The Morgan fingerprint density at radius 2 is 1.91 bits per heavy atom. The highest BCUT2D eigenvalue weighted by molar-refractivity contribution is 5.63. The number of halogens is 2. The van der Waals surface area contributed by atoms with Crippen LogP contribution in [0, 0.1) is 11.6 Å². The zero-order chi connectivity index (χ0) is 22.8. The van der Waals surface area contributed by atoms with Gasteiger partial charge in [-0.15, -0.1) is 0 Å². The summed E-state index contributed by atoms with van der Waals surface area (Å²) in [6.07, 6.45) is 4.37. The molecule has 3 aromatic heterocycles. The molecule has 1 aliphatic rings. The Balaban J connectivity index is 1.50. The standard InChI is InChI=1S/C23H22F2N6O2/c1-32-16-6-9-30(10-7-16)23-18(25)13-26-22(27-23)20-12-21(19-8-11-33-29-19)31(28-20)14-15-4-2-3-5-17(15)24/h2-5,8,11-13,16H,6-7,9-10,14H2,1H3. The lowest BCUT2D eigenvalue weighted by atomic mass is 10.1. The number of methoxy groups -OCH3 is 1. The zero-order valence-electron chi connectivity index (χ0n) is 18.0. The second-order valence-electron chi connectivity index (χ2n) is 7.84. The predicted octanol–water partition coefficient (Wildman–Crippen LogP) is 3.94. The molecule has 0 radical (unpaired) electrons. The second kappa shape index (κ2) is 9.07. The molecule has 5 rings (SSSR count). The van der Waals surface area contributed by atoms with Crippen molar-refractivity contribution < 1.29 is 18.0 Å². The van der Waals surface area contributed by atoms with Crippen LogP contribution in [0.2, 0.25) is 0 Å². The van der Waals surface area contributed by atoms with Gasteiger partial charge in [-0.25, -0.2) is 18.7 Å². The number of hydrogen-bond donors (Lipinski definition) is 0. The van der Waals surface area contributed by atoms with Gasteiger partial charge in [-0.1, -0.05) is 23.4 Å².